The molecule has 2 aromatic heterocycles. The summed E-state index contributed by atoms with van der Waals surface area (Å²) in [6, 6.07) is 3.95. The summed E-state index contributed by atoms with van der Waals surface area (Å²) in [5.41, 5.74) is 1.47. The maximum atomic E-state index is 12.8. The highest BCUT2D eigenvalue weighted by Crippen LogP contribution is 2.24. The van der Waals surface area contributed by atoms with Crippen molar-refractivity contribution in [3.8, 4) is 0 Å². The Morgan fingerprint density at radius 3 is 2.77 bits per heavy atom. The smallest absolute Gasteiger partial charge is 0.279 e. The molecule has 0 saturated carbocycles. The second kappa shape index (κ2) is 6.09. The van der Waals surface area contributed by atoms with Crippen molar-refractivity contribution in [3.63, 3.8) is 0 Å². The van der Waals surface area contributed by atoms with Gasteiger partial charge in [0.05, 0.1) is 12.4 Å². The summed E-state index contributed by atoms with van der Waals surface area (Å²) < 4.78 is 0. The van der Waals surface area contributed by atoms with Crippen molar-refractivity contribution < 1.29 is 4.79 Å². The van der Waals surface area contributed by atoms with Crippen molar-refractivity contribution in [1.82, 2.24) is 15.0 Å². The molecule has 3 heterocycles. The fraction of sp³-hybridized carbons (Fsp3) is 0.375. The standard InChI is InChI=1S/C16H19N5O/c1-20(2)14-11-18-13(10-19-14)16(22)21-9-4-3-6-12-7-5-8-17-15(12)21/h5,7-8,10-11H,3-4,6,9H2,1-2H3. The van der Waals surface area contributed by atoms with E-state index in [2.05, 4.69) is 15.0 Å². The fourth-order valence-corrected chi connectivity index (χ4v) is 2.56. The first kappa shape index (κ1) is 14.4. The molecule has 1 aliphatic rings. The predicted octanol–water partition coefficient (Wildman–Crippen LogP) is 1.92. The van der Waals surface area contributed by atoms with Crippen LogP contribution in [0.2, 0.25) is 0 Å². The van der Waals surface area contributed by atoms with Gasteiger partial charge in [0.25, 0.3) is 5.91 Å². The number of rotatable bonds is 2. The molecule has 0 unspecified atom stereocenters. The normalized spacial score (nSPS) is 14.2. The van der Waals surface area contributed by atoms with Crippen LogP contribution in [-0.2, 0) is 6.42 Å². The Kier molecular flexibility index (Phi) is 4.00. The summed E-state index contributed by atoms with van der Waals surface area (Å²) in [6.45, 7) is 0.667. The molecule has 114 valence electrons. The van der Waals surface area contributed by atoms with Crippen molar-refractivity contribution in [2.75, 3.05) is 30.4 Å². The lowest BCUT2D eigenvalue weighted by Crippen LogP contribution is -2.33. The van der Waals surface area contributed by atoms with Crippen LogP contribution in [0, 0.1) is 0 Å². The number of fused-ring (bicyclic) bond motifs is 1. The average molecular weight is 297 g/mol. The van der Waals surface area contributed by atoms with E-state index in [0.29, 0.717) is 12.2 Å². The molecule has 0 aromatic carbocycles. The third-order valence-corrected chi connectivity index (χ3v) is 3.76. The highest BCUT2D eigenvalue weighted by Gasteiger charge is 2.24. The molecular formula is C16H19N5O. The minimum atomic E-state index is -0.139. The molecule has 0 spiro atoms. The van der Waals surface area contributed by atoms with E-state index in [1.165, 1.54) is 6.20 Å². The van der Waals surface area contributed by atoms with Gasteiger partial charge >= 0.3 is 0 Å². The van der Waals surface area contributed by atoms with Crippen LogP contribution in [0.1, 0.15) is 28.9 Å². The molecule has 1 aliphatic heterocycles. The number of aromatic nitrogens is 3. The summed E-state index contributed by atoms with van der Waals surface area (Å²) in [5.74, 6) is 1.34. The summed E-state index contributed by atoms with van der Waals surface area (Å²) in [5, 5.41) is 0. The van der Waals surface area contributed by atoms with Crippen LogP contribution >= 0.6 is 0 Å². The maximum Gasteiger partial charge on any atom is 0.279 e. The Morgan fingerprint density at radius 1 is 1.18 bits per heavy atom. The molecule has 0 saturated heterocycles. The van der Waals surface area contributed by atoms with E-state index in [1.54, 1.807) is 17.3 Å². The Morgan fingerprint density at radius 2 is 2.05 bits per heavy atom. The van der Waals surface area contributed by atoms with E-state index in [4.69, 9.17) is 0 Å². The Labute approximate surface area is 129 Å². The van der Waals surface area contributed by atoms with Crippen LogP contribution in [0.25, 0.3) is 0 Å². The second-order valence-electron chi connectivity index (χ2n) is 5.55. The topological polar surface area (TPSA) is 62.2 Å². The molecule has 0 radical (unpaired) electrons. The van der Waals surface area contributed by atoms with Gasteiger partial charge in [-0.1, -0.05) is 6.07 Å². The van der Waals surface area contributed by atoms with Gasteiger partial charge in [0.1, 0.15) is 17.3 Å². The van der Waals surface area contributed by atoms with Crippen LogP contribution in [0.4, 0.5) is 11.6 Å². The van der Waals surface area contributed by atoms with Crippen LogP contribution < -0.4 is 9.80 Å². The number of carbonyl (C=O) groups is 1. The summed E-state index contributed by atoms with van der Waals surface area (Å²) in [4.78, 5) is 29.3. The number of nitrogens with zero attached hydrogens (tertiary/aromatic N) is 5. The molecule has 0 bridgehead atoms. The number of amides is 1. The number of hydrogen-bond acceptors (Lipinski definition) is 5. The highest BCUT2D eigenvalue weighted by atomic mass is 16.2. The monoisotopic (exact) mass is 297 g/mol. The lowest BCUT2D eigenvalue weighted by Gasteiger charge is -2.21. The summed E-state index contributed by atoms with van der Waals surface area (Å²) in [7, 11) is 3.78. The van der Waals surface area contributed by atoms with Crippen molar-refractivity contribution in [3.05, 3.63) is 42.0 Å². The predicted molar refractivity (Wildman–Crippen MR) is 85.2 cm³/mol. The molecule has 0 N–H and O–H groups in total. The van der Waals surface area contributed by atoms with Gasteiger partial charge in [0.15, 0.2) is 0 Å². The largest absolute Gasteiger partial charge is 0.361 e. The van der Waals surface area contributed by atoms with Crippen LogP contribution in [0.15, 0.2) is 30.7 Å². The number of aryl methyl sites for hydroxylation is 1. The van der Waals surface area contributed by atoms with Crippen molar-refractivity contribution >= 4 is 17.5 Å². The zero-order valence-electron chi connectivity index (χ0n) is 12.9. The number of anilines is 2. The summed E-state index contributed by atoms with van der Waals surface area (Å²) >= 11 is 0. The molecular weight excluding hydrogens is 278 g/mol. The molecule has 3 rings (SSSR count). The van der Waals surface area contributed by atoms with Gasteiger partial charge < -0.3 is 4.90 Å². The van der Waals surface area contributed by atoms with E-state index >= 15 is 0 Å². The van der Waals surface area contributed by atoms with E-state index in [-0.39, 0.29) is 5.91 Å². The van der Waals surface area contributed by atoms with E-state index in [1.807, 2.05) is 31.1 Å². The quantitative estimate of drug-likeness (QED) is 0.847. The molecule has 22 heavy (non-hydrogen) atoms. The van der Waals surface area contributed by atoms with Gasteiger partial charge in [0.2, 0.25) is 0 Å². The van der Waals surface area contributed by atoms with Crippen LogP contribution in [0.3, 0.4) is 0 Å². The maximum absolute atomic E-state index is 12.8. The third-order valence-electron chi connectivity index (χ3n) is 3.76. The molecule has 0 fully saturated rings. The zero-order valence-corrected chi connectivity index (χ0v) is 12.9. The van der Waals surface area contributed by atoms with Gasteiger partial charge in [-0.2, -0.15) is 0 Å². The fourth-order valence-electron chi connectivity index (χ4n) is 2.56. The van der Waals surface area contributed by atoms with Gasteiger partial charge in [-0.25, -0.2) is 15.0 Å². The van der Waals surface area contributed by atoms with E-state index < -0.39 is 0 Å². The highest BCUT2D eigenvalue weighted by molar-refractivity contribution is 6.04. The number of hydrogen-bond donors (Lipinski definition) is 0. The van der Waals surface area contributed by atoms with E-state index in [9.17, 15) is 4.79 Å². The molecule has 6 heteroatoms. The van der Waals surface area contributed by atoms with Crippen molar-refractivity contribution in [2.24, 2.45) is 0 Å². The van der Waals surface area contributed by atoms with E-state index in [0.717, 1.165) is 36.5 Å². The lowest BCUT2D eigenvalue weighted by molar-refractivity contribution is 0.0981. The first-order valence-electron chi connectivity index (χ1n) is 7.42. The summed E-state index contributed by atoms with van der Waals surface area (Å²) in [6.07, 6.45) is 7.86. The number of carbonyl (C=O) groups excluding carboxylic acids is 1. The lowest BCUT2D eigenvalue weighted by atomic mass is 10.1. The first-order chi connectivity index (χ1) is 10.7. The van der Waals surface area contributed by atoms with Crippen LogP contribution in [-0.4, -0.2) is 41.5 Å². The van der Waals surface area contributed by atoms with Gasteiger partial charge in [-0.05, 0) is 30.9 Å². The molecule has 2 aromatic rings. The molecule has 6 nitrogen and oxygen atoms in total. The van der Waals surface area contributed by atoms with Crippen molar-refractivity contribution in [1.29, 1.82) is 0 Å². The Balaban J connectivity index is 1.91. The first-order valence-corrected chi connectivity index (χ1v) is 7.42. The second-order valence-corrected chi connectivity index (χ2v) is 5.55. The minimum Gasteiger partial charge on any atom is -0.361 e. The molecule has 0 atom stereocenters. The van der Waals surface area contributed by atoms with Gasteiger partial charge in [-0.3, -0.25) is 9.69 Å². The van der Waals surface area contributed by atoms with Crippen molar-refractivity contribution in [2.45, 2.75) is 19.3 Å². The SMILES string of the molecule is CN(C)c1cnc(C(=O)N2CCCCc3cccnc32)cn1. The molecule has 1 amide bonds. The van der Waals surface area contributed by atoms with Gasteiger partial charge in [-0.15, -0.1) is 0 Å². The molecule has 0 aliphatic carbocycles. The van der Waals surface area contributed by atoms with Gasteiger partial charge in [0, 0.05) is 26.8 Å². The number of pyridine rings is 1. The average Bonchev–Trinajstić information content (AvgIpc) is 2.76. The zero-order chi connectivity index (χ0) is 15.5. The Bertz CT molecular complexity index is 668. The minimum absolute atomic E-state index is 0.139. The van der Waals surface area contributed by atoms with Crippen LogP contribution in [0.5, 0.6) is 0 Å². The Hall–Kier alpha value is -2.50. The third kappa shape index (κ3) is 2.77.